The monoisotopic (exact) mass is 218 g/mol. The first-order valence-electron chi connectivity index (χ1n) is 3.63. The van der Waals surface area contributed by atoms with Crippen molar-refractivity contribution in [1.29, 1.82) is 0 Å². The number of esters is 1. The molecule has 0 unspecified atom stereocenters. The summed E-state index contributed by atoms with van der Waals surface area (Å²) >= 11 is 6.83. The number of ketones is 1. The van der Waals surface area contributed by atoms with Crippen LogP contribution in [0, 0.1) is 0 Å². The van der Waals surface area contributed by atoms with Gasteiger partial charge in [-0.25, -0.2) is 4.79 Å². The first-order valence-corrected chi connectivity index (χ1v) is 4.89. The van der Waals surface area contributed by atoms with Gasteiger partial charge in [-0.15, -0.1) is 11.3 Å². The standard InChI is InChI=1S/C8H7ClO3S/c1-2-6(10)7(11)12-8-5(9)3-4-13-8/h3-4H,2H2,1H3. The van der Waals surface area contributed by atoms with Crippen molar-refractivity contribution >= 4 is 34.7 Å². The number of hydrogen-bond acceptors (Lipinski definition) is 4. The summed E-state index contributed by atoms with van der Waals surface area (Å²) in [6.45, 7) is 1.60. The van der Waals surface area contributed by atoms with E-state index in [-0.39, 0.29) is 11.5 Å². The van der Waals surface area contributed by atoms with Gasteiger partial charge >= 0.3 is 5.97 Å². The van der Waals surface area contributed by atoms with Gasteiger partial charge in [0.15, 0.2) is 0 Å². The molecule has 0 aliphatic rings. The van der Waals surface area contributed by atoms with Crippen LogP contribution in [0.2, 0.25) is 5.02 Å². The number of carbonyl (C=O) groups is 2. The van der Waals surface area contributed by atoms with Crippen molar-refractivity contribution in [2.45, 2.75) is 13.3 Å². The SMILES string of the molecule is CCC(=O)C(=O)Oc1sccc1Cl. The minimum Gasteiger partial charge on any atom is -0.408 e. The predicted molar refractivity (Wildman–Crippen MR) is 50.3 cm³/mol. The van der Waals surface area contributed by atoms with Gasteiger partial charge in [0.25, 0.3) is 0 Å². The van der Waals surface area contributed by atoms with Gasteiger partial charge in [0.2, 0.25) is 10.8 Å². The molecule has 0 atom stereocenters. The zero-order chi connectivity index (χ0) is 9.84. The Morgan fingerprint density at radius 2 is 2.31 bits per heavy atom. The highest BCUT2D eigenvalue weighted by Crippen LogP contribution is 2.30. The van der Waals surface area contributed by atoms with Crippen LogP contribution in [0.5, 0.6) is 5.06 Å². The van der Waals surface area contributed by atoms with Crippen LogP contribution in [-0.2, 0) is 9.59 Å². The summed E-state index contributed by atoms with van der Waals surface area (Å²) in [4.78, 5) is 21.8. The van der Waals surface area contributed by atoms with Crippen LogP contribution in [0.1, 0.15) is 13.3 Å². The largest absolute Gasteiger partial charge is 0.408 e. The van der Waals surface area contributed by atoms with Gasteiger partial charge in [0.1, 0.15) is 0 Å². The third-order valence-electron chi connectivity index (χ3n) is 1.32. The summed E-state index contributed by atoms with van der Waals surface area (Å²) in [6.07, 6.45) is 0.141. The first kappa shape index (κ1) is 10.2. The lowest BCUT2D eigenvalue weighted by atomic mass is 10.3. The molecule has 3 nitrogen and oxygen atoms in total. The average Bonchev–Trinajstić information content (AvgIpc) is 2.50. The van der Waals surface area contributed by atoms with Crippen LogP contribution in [0.15, 0.2) is 11.4 Å². The lowest BCUT2D eigenvalue weighted by Crippen LogP contribution is -2.18. The number of thiophene rings is 1. The Morgan fingerprint density at radius 1 is 1.62 bits per heavy atom. The number of halogens is 1. The van der Waals surface area contributed by atoms with Gasteiger partial charge in [0, 0.05) is 6.42 Å². The second-order valence-electron chi connectivity index (χ2n) is 2.22. The highest BCUT2D eigenvalue weighted by Gasteiger charge is 2.15. The molecular weight excluding hydrogens is 212 g/mol. The van der Waals surface area contributed by atoms with Crippen LogP contribution in [0.25, 0.3) is 0 Å². The van der Waals surface area contributed by atoms with E-state index in [0.29, 0.717) is 5.02 Å². The summed E-state index contributed by atoms with van der Waals surface area (Å²) in [5, 5.41) is 2.30. The van der Waals surface area contributed by atoms with E-state index in [0.717, 1.165) is 0 Å². The van der Waals surface area contributed by atoms with E-state index in [1.54, 1.807) is 18.4 Å². The van der Waals surface area contributed by atoms with Crippen LogP contribution in [0.4, 0.5) is 0 Å². The number of hydrogen-bond donors (Lipinski definition) is 0. The summed E-state index contributed by atoms with van der Waals surface area (Å²) in [5.74, 6) is -1.41. The molecule has 0 aliphatic carbocycles. The van der Waals surface area contributed by atoms with E-state index in [1.807, 2.05) is 0 Å². The van der Waals surface area contributed by atoms with E-state index in [9.17, 15) is 9.59 Å². The molecule has 0 saturated heterocycles. The maximum atomic E-state index is 11.0. The number of rotatable bonds is 3. The molecule has 1 aromatic rings. The van der Waals surface area contributed by atoms with Crippen molar-refractivity contribution in [3.8, 4) is 5.06 Å². The molecule has 70 valence electrons. The normalized spacial score (nSPS) is 9.69. The van der Waals surface area contributed by atoms with Gasteiger partial charge in [-0.05, 0) is 11.4 Å². The van der Waals surface area contributed by atoms with Gasteiger partial charge in [0.05, 0.1) is 5.02 Å². The van der Waals surface area contributed by atoms with Crippen molar-refractivity contribution in [2.75, 3.05) is 0 Å². The summed E-state index contributed by atoms with van der Waals surface area (Å²) in [5.41, 5.74) is 0. The topological polar surface area (TPSA) is 43.4 Å². The minimum atomic E-state index is -0.855. The van der Waals surface area contributed by atoms with Crippen LogP contribution in [0.3, 0.4) is 0 Å². The Balaban J connectivity index is 2.65. The Labute approximate surface area is 84.3 Å². The number of carbonyl (C=O) groups excluding carboxylic acids is 2. The molecule has 0 amide bonds. The molecule has 0 N–H and O–H groups in total. The van der Waals surface area contributed by atoms with E-state index in [1.165, 1.54) is 11.3 Å². The van der Waals surface area contributed by atoms with Crippen molar-refractivity contribution in [3.05, 3.63) is 16.5 Å². The van der Waals surface area contributed by atoms with Crippen molar-refractivity contribution in [1.82, 2.24) is 0 Å². The summed E-state index contributed by atoms with van der Waals surface area (Å²) in [7, 11) is 0. The molecule has 0 aliphatic heterocycles. The summed E-state index contributed by atoms with van der Waals surface area (Å²) in [6, 6.07) is 1.60. The molecule has 5 heteroatoms. The molecule has 0 bridgehead atoms. The fourth-order valence-electron chi connectivity index (χ4n) is 0.638. The Morgan fingerprint density at radius 3 is 2.77 bits per heavy atom. The van der Waals surface area contributed by atoms with Gasteiger partial charge in [-0.3, -0.25) is 4.79 Å². The van der Waals surface area contributed by atoms with E-state index < -0.39 is 11.8 Å². The highest BCUT2D eigenvalue weighted by atomic mass is 35.5. The molecular formula is C8H7ClO3S. The molecule has 1 heterocycles. The highest BCUT2D eigenvalue weighted by molar-refractivity contribution is 7.12. The third kappa shape index (κ3) is 2.54. The van der Waals surface area contributed by atoms with Crippen molar-refractivity contribution in [3.63, 3.8) is 0 Å². The van der Waals surface area contributed by atoms with E-state index in [2.05, 4.69) is 0 Å². The van der Waals surface area contributed by atoms with E-state index >= 15 is 0 Å². The Kier molecular flexibility index (Phi) is 3.45. The second-order valence-corrected chi connectivity index (χ2v) is 3.51. The molecule has 0 aromatic carbocycles. The molecule has 0 fully saturated rings. The average molecular weight is 219 g/mol. The lowest BCUT2D eigenvalue weighted by Gasteiger charge is -1.98. The van der Waals surface area contributed by atoms with E-state index in [4.69, 9.17) is 16.3 Å². The van der Waals surface area contributed by atoms with Gasteiger partial charge in [-0.1, -0.05) is 18.5 Å². The lowest BCUT2D eigenvalue weighted by molar-refractivity contribution is -0.146. The molecule has 1 rings (SSSR count). The Hall–Kier alpha value is -0.870. The van der Waals surface area contributed by atoms with Crippen LogP contribution in [-0.4, -0.2) is 11.8 Å². The molecule has 0 spiro atoms. The zero-order valence-corrected chi connectivity index (χ0v) is 8.45. The summed E-state index contributed by atoms with van der Waals surface area (Å²) < 4.78 is 4.74. The van der Waals surface area contributed by atoms with Crippen LogP contribution < -0.4 is 4.74 Å². The molecule has 0 saturated carbocycles. The quantitative estimate of drug-likeness (QED) is 0.578. The van der Waals surface area contributed by atoms with Crippen molar-refractivity contribution in [2.24, 2.45) is 0 Å². The smallest absolute Gasteiger partial charge is 0.380 e. The Bertz CT molecular complexity index is 332. The third-order valence-corrected chi connectivity index (χ3v) is 2.52. The number of ether oxygens (including phenoxy) is 1. The molecule has 1 aromatic heterocycles. The van der Waals surface area contributed by atoms with Gasteiger partial charge < -0.3 is 4.74 Å². The van der Waals surface area contributed by atoms with Crippen molar-refractivity contribution < 1.29 is 14.3 Å². The maximum Gasteiger partial charge on any atom is 0.380 e. The molecule has 0 radical (unpaired) electrons. The second kappa shape index (κ2) is 4.39. The minimum absolute atomic E-state index is 0.141. The number of Topliss-reactive ketones (excluding diaryl/α,β-unsaturated/α-hetero) is 1. The predicted octanol–water partition coefficient (Wildman–Crippen LogP) is 2.29. The maximum absolute atomic E-state index is 11.0. The first-order chi connectivity index (χ1) is 6.15. The molecule has 13 heavy (non-hydrogen) atoms. The fourth-order valence-corrected chi connectivity index (χ4v) is 1.58. The fraction of sp³-hybridized carbons (Fsp3) is 0.250. The zero-order valence-electron chi connectivity index (χ0n) is 6.87. The van der Waals surface area contributed by atoms with Gasteiger partial charge in [-0.2, -0.15) is 0 Å². The van der Waals surface area contributed by atoms with Crippen LogP contribution >= 0.6 is 22.9 Å².